The van der Waals surface area contributed by atoms with E-state index in [0.717, 1.165) is 42.7 Å². The van der Waals surface area contributed by atoms with Gasteiger partial charge >= 0.3 is 6.09 Å². The van der Waals surface area contributed by atoms with Crippen molar-refractivity contribution in [2.45, 2.75) is 32.6 Å². The van der Waals surface area contributed by atoms with Gasteiger partial charge in [-0.05, 0) is 43.0 Å². The minimum atomic E-state index is -0.190. The Hall–Kier alpha value is -2.17. The maximum Gasteiger partial charge on any atom is 0.409 e. The third-order valence-corrected chi connectivity index (χ3v) is 4.20. The third-order valence-electron chi connectivity index (χ3n) is 4.20. The lowest BCUT2D eigenvalue weighted by atomic mass is 9.93. The Kier molecular flexibility index (Phi) is 4.74. The summed E-state index contributed by atoms with van der Waals surface area (Å²) in [6, 6.07) is 8.10. The van der Waals surface area contributed by atoms with Crippen LogP contribution in [0.5, 0.6) is 0 Å². The standard InChI is InChI=1S/C18H23N3O2/c1-13(2)12-23-18(22)21-10-7-14(8-11-21)16-6-5-15-4-3-9-19-17(15)20-16/h3-6,9,13-14H,7-8,10-12H2,1-2H3. The van der Waals surface area contributed by atoms with E-state index in [0.29, 0.717) is 18.4 Å². The van der Waals surface area contributed by atoms with Gasteiger partial charge in [0.05, 0.1) is 6.61 Å². The zero-order valence-corrected chi connectivity index (χ0v) is 13.7. The van der Waals surface area contributed by atoms with E-state index < -0.39 is 0 Å². The maximum absolute atomic E-state index is 12.0. The third kappa shape index (κ3) is 3.78. The monoisotopic (exact) mass is 313 g/mol. The van der Waals surface area contributed by atoms with E-state index in [1.807, 2.05) is 26.0 Å². The van der Waals surface area contributed by atoms with Gasteiger partial charge in [-0.3, -0.25) is 0 Å². The average Bonchev–Trinajstić information content (AvgIpc) is 2.59. The van der Waals surface area contributed by atoms with Crippen LogP contribution in [0.25, 0.3) is 11.0 Å². The fourth-order valence-electron chi connectivity index (χ4n) is 2.88. The molecule has 0 saturated carbocycles. The number of rotatable bonds is 3. The predicted molar refractivity (Wildman–Crippen MR) is 89.3 cm³/mol. The Morgan fingerprint density at radius 3 is 2.83 bits per heavy atom. The summed E-state index contributed by atoms with van der Waals surface area (Å²) in [5, 5.41) is 1.06. The molecule has 0 unspecified atom stereocenters. The van der Waals surface area contributed by atoms with Gasteiger partial charge < -0.3 is 9.64 Å². The molecule has 0 radical (unpaired) electrons. The van der Waals surface area contributed by atoms with Crippen molar-refractivity contribution in [1.29, 1.82) is 0 Å². The van der Waals surface area contributed by atoms with Crippen LogP contribution in [-0.2, 0) is 4.74 Å². The second-order valence-corrected chi connectivity index (χ2v) is 6.52. The van der Waals surface area contributed by atoms with Crippen LogP contribution in [0.3, 0.4) is 0 Å². The van der Waals surface area contributed by atoms with Gasteiger partial charge in [-0.1, -0.05) is 13.8 Å². The van der Waals surface area contributed by atoms with Crippen molar-refractivity contribution in [1.82, 2.24) is 14.9 Å². The van der Waals surface area contributed by atoms with E-state index in [-0.39, 0.29) is 6.09 Å². The van der Waals surface area contributed by atoms with Crippen molar-refractivity contribution in [3.8, 4) is 0 Å². The molecule has 0 atom stereocenters. The predicted octanol–water partition coefficient (Wildman–Crippen LogP) is 3.60. The smallest absolute Gasteiger partial charge is 0.409 e. The molecule has 0 aliphatic carbocycles. The second kappa shape index (κ2) is 6.94. The molecule has 3 heterocycles. The molecule has 0 N–H and O–H groups in total. The lowest BCUT2D eigenvalue weighted by Crippen LogP contribution is -2.38. The van der Waals surface area contributed by atoms with Crippen molar-refractivity contribution >= 4 is 17.1 Å². The quantitative estimate of drug-likeness (QED) is 0.868. The highest BCUT2D eigenvalue weighted by molar-refractivity contribution is 5.74. The van der Waals surface area contributed by atoms with Crippen LogP contribution in [0.4, 0.5) is 4.79 Å². The van der Waals surface area contributed by atoms with Crippen molar-refractivity contribution in [3.05, 3.63) is 36.2 Å². The molecule has 0 bridgehead atoms. The van der Waals surface area contributed by atoms with Crippen molar-refractivity contribution in [3.63, 3.8) is 0 Å². The number of carbonyl (C=O) groups is 1. The Balaban J connectivity index is 1.60. The van der Waals surface area contributed by atoms with Crippen LogP contribution in [-0.4, -0.2) is 40.7 Å². The topological polar surface area (TPSA) is 55.3 Å². The first-order valence-electron chi connectivity index (χ1n) is 8.27. The summed E-state index contributed by atoms with van der Waals surface area (Å²) in [6.45, 7) is 6.02. The molecule has 0 aromatic carbocycles. The van der Waals surface area contributed by atoms with Crippen LogP contribution in [0, 0.1) is 5.92 Å². The molecule has 1 fully saturated rings. The van der Waals surface area contributed by atoms with Gasteiger partial charge in [0.1, 0.15) is 0 Å². The summed E-state index contributed by atoms with van der Waals surface area (Å²) in [4.78, 5) is 22.8. The van der Waals surface area contributed by atoms with Crippen molar-refractivity contribution < 1.29 is 9.53 Å². The van der Waals surface area contributed by atoms with Gasteiger partial charge in [0, 0.05) is 36.3 Å². The summed E-state index contributed by atoms with van der Waals surface area (Å²) in [5.74, 6) is 0.751. The van der Waals surface area contributed by atoms with E-state index in [2.05, 4.69) is 22.1 Å². The molecule has 1 aliphatic heterocycles. The van der Waals surface area contributed by atoms with Crippen molar-refractivity contribution in [2.24, 2.45) is 5.92 Å². The summed E-state index contributed by atoms with van der Waals surface area (Å²) in [5.41, 5.74) is 1.87. The van der Waals surface area contributed by atoms with Gasteiger partial charge in [0.25, 0.3) is 0 Å². The summed E-state index contributed by atoms with van der Waals surface area (Å²) >= 11 is 0. The van der Waals surface area contributed by atoms with E-state index in [9.17, 15) is 4.79 Å². The lowest BCUT2D eigenvalue weighted by Gasteiger charge is -2.31. The maximum atomic E-state index is 12.0. The summed E-state index contributed by atoms with van der Waals surface area (Å²) in [6.07, 6.45) is 3.42. The largest absolute Gasteiger partial charge is 0.449 e. The Morgan fingerprint density at radius 2 is 2.09 bits per heavy atom. The van der Waals surface area contributed by atoms with Gasteiger partial charge in [0.15, 0.2) is 5.65 Å². The number of aromatic nitrogens is 2. The zero-order valence-electron chi connectivity index (χ0n) is 13.7. The fraction of sp³-hybridized carbons (Fsp3) is 0.500. The summed E-state index contributed by atoms with van der Waals surface area (Å²) < 4.78 is 5.30. The van der Waals surface area contributed by atoms with E-state index >= 15 is 0 Å². The first-order chi connectivity index (χ1) is 11.1. The van der Waals surface area contributed by atoms with Crippen LogP contribution < -0.4 is 0 Å². The number of pyridine rings is 2. The molecular formula is C18H23N3O2. The van der Waals surface area contributed by atoms with Gasteiger partial charge in [-0.2, -0.15) is 0 Å². The minimum Gasteiger partial charge on any atom is -0.449 e. The number of nitrogens with zero attached hydrogens (tertiary/aromatic N) is 3. The first-order valence-corrected chi connectivity index (χ1v) is 8.27. The number of hydrogen-bond donors (Lipinski definition) is 0. The SMILES string of the molecule is CC(C)COC(=O)N1CCC(c2ccc3cccnc3n2)CC1. The number of ether oxygens (including phenoxy) is 1. The molecule has 3 rings (SSSR count). The molecule has 2 aromatic heterocycles. The van der Waals surface area contributed by atoms with Crippen molar-refractivity contribution in [2.75, 3.05) is 19.7 Å². The van der Waals surface area contributed by atoms with Crippen LogP contribution in [0.1, 0.15) is 38.3 Å². The van der Waals surface area contributed by atoms with Gasteiger partial charge in [-0.15, -0.1) is 0 Å². The minimum absolute atomic E-state index is 0.190. The Labute approximate surface area is 136 Å². The van der Waals surface area contributed by atoms with E-state index in [1.165, 1.54) is 0 Å². The highest BCUT2D eigenvalue weighted by atomic mass is 16.6. The normalized spacial score (nSPS) is 16.0. The second-order valence-electron chi connectivity index (χ2n) is 6.52. The first kappa shape index (κ1) is 15.7. The number of amides is 1. The molecule has 23 heavy (non-hydrogen) atoms. The molecule has 122 valence electrons. The van der Waals surface area contributed by atoms with Gasteiger partial charge in [0.2, 0.25) is 0 Å². The highest BCUT2D eigenvalue weighted by Crippen LogP contribution is 2.28. The number of carbonyl (C=O) groups excluding carboxylic acids is 1. The van der Waals surface area contributed by atoms with Crippen LogP contribution in [0.15, 0.2) is 30.5 Å². The molecule has 2 aromatic rings. The molecule has 1 saturated heterocycles. The van der Waals surface area contributed by atoms with E-state index in [4.69, 9.17) is 4.74 Å². The van der Waals surface area contributed by atoms with E-state index in [1.54, 1.807) is 11.1 Å². The Bertz CT molecular complexity index is 679. The van der Waals surface area contributed by atoms with Gasteiger partial charge in [-0.25, -0.2) is 14.8 Å². The van der Waals surface area contributed by atoms with Crippen LogP contribution >= 0.6 is 0 Å². The number of hydrogen-bond acceptors (Lipinski definition) is 4. The average molecular weight is 313 g/mol. The molecule has 5 heteroatoms. The number of piperidine rings is 1. The zero-order chi connectivity index (χ0) is 16.2. The summed E-state index contributed by atoms with van der Waals surface area (Å²) in [7, 11) is 0. The van der Waals surface area contributed by atoms with Crippen LogP contribution in [0.2, 0.25) is 0 Å². The Morgan fingerprint density at radius 1 is 1.30 bits per heavy atom. The number of likely N-dealkylation sites (tertiary alicyclic amines) is 1. The molecule has 1 amide bonds. The molecule has 0 spiro atoms. The fourth-order valence-corrected chi connectivity index (χ4v) is 2.88. The molecule has 1 aliphatic rings. The molecular weight excluding hydrogens is 290 g/mol. The molecule has 5 nitrogen and oxygen atoms in total. The lowest BCUT2D eigenvalue weighted by molar-refractivity contribution is 0.0832. The highest BCUT2D eigenvalue weighted by Gasteiger charge is 2.25. The number of fused-ring (bicyclic) bond motifs is 1.